The normalized spacial score (nSPS) is 17.7. The van der Waals surface area contributed by atoms with E-state index in [2.05, 4.69) is 20.0 Å². The summed E-state index contributed by atoms with van der Waals surface area (Å²) < 4.78 is 1.54. The summed E-state index contributed by atoms with van der Waals surface area (Å²) in [5.74, 6) is -0.261. The third kappa shape index (κ3) is 2.83. The Morgan fingerprint density at radius 3 is 2.77 bits per heavy atom. The van der Waals surface area contributed by atoms with Crippen molar-refractivity contribution in [3.8, 4) is 0 Å². The summed E-state index contributed by atoms with van der Waals surface area (Å²) in [6.07, 6.45) is 5.04. The lowest BCUT2D eigenvalue weighted by Gasteiger charge is -2.40. The topological polar surface area (TPSA) is 86.6 Å². The Kier molecular flexibility index (Phi) is 3.95. The second-order valence-electron chi connectivity index (χ2n) is 6.61. The first kappa shape index (κ1) is 16.3. The number of aromatic amines is 1. The number of piperazine rings is 1. The molecule has 1 saturated heterocycles. The van der Waals surface area contributed by atoms with Crippen LogP contribution in [-0.4, -0.2) is 56.1 Å². The number of nitrogens with zero attached hydrogens (tertiary/aromatic N) is 5. The molecule has 3 aromatic heterocycles. The molecule has 1 fully saturated rings. The van der Waals surface area contributed by atoms with Gasteiger partial charge in [0.15, 0.2) is 0 Å². The minimum atomic E-state index is -0.383. The van der Waals surface area contributed by atoms with Crippen LogP contribution >= 0.6 is 0 Å². The highest BCUT2D eigenvalue weighted by Crippen LogP contribution is 2.19. The summed E-state index contributed by atoms with van der Waals surface area (Å²) in [4.78, 5) is 36.1. The molecular formula is C18H20N6O2. The van der Waals surface area contributed by atoms with E-state index in [9.17, 15) is 9.59 Å². The van der Waals surface area contributed by atoms with E-state index in [4.69, 9.17) is 0 Å². The molecule has 1 atom stereocenters. The van der Waals surface area contributed by atoms with Crippen LogP contribution < -0.4 is 10.5 Å². The molecule has 1 amide bonds. The van der Waals surface area contributed by atoms with E-state index in [0.29, 0.717) is 25.3 Å². The number of rotatable bonds is 2. The number of nitrogens with one attached hydrogen (secondary N) is 1. The van der Waals surface area contributed by atoms with Crippen LogP contribution in [0.4, 0.5) is 5.69 Å². The van der Waals surface area contributed by atoms with Gasteiger partial charge in [-0.15, -0.1) is 0 Å². The second kappa shape index (κ2) is 6.29. The zero-order valence-electron chi connectivity index (χ0n) is 14.7. The van der Waals surface area contributed by atoms with Crippen molar-refractivity contribution in [3.05, 3.63) is 58.4 Å². The van der Waals surface area contributed by atoms with Crippen molar-refractivity contribution >= 4 is 17.2 Å². The Morgan fingerprint density at radius 1 is 1.27 bits per heavy atom. The lowest BCUT2D eigenvalue weighted by Crippen LogP contribution is -2.54. The van der Waals surface area contributed by atoms with Crippen molar-refractivity contribution in [2.24, 2.45) is 0 Å². The first-order valence-corrected chi connectivity index (χ1v) is 8.58. The molecule has 0 aliphatic carbocycles. The van der Waals surface area contributed by atoms with Gasteiger partial charge < -0.3 is 14.8 Å². The Morgan fingerprint density at radius 2 is 2.04 bits per heavy atom. The Balaban J connectivity index is 1.57. The van der Waals surface area contributed by atoms with Gasteiger partial charge in [-0.2, -0.15) is 5.10 Å². The van der Waals surface area contributed by atoms with Gasteiger partial charge in [0, 0.05) is 56.0 Å². The Bertz CT molecular complexity index is 1010. The first-order chi connectivity index (χ1) is 12.5. The first-order valence-electron chi connectivity index (χ1n) is 8.58. The average molecular weight is 352 g/mol. The van der Waals surface area contributed by atoms with E-state index in [1.54, 1.807) is 27.9 Å². The van der Waals surface area contributed by atoms with E-state index < -0.39 is 0 Å². The third-order valence-corrected chi connectivity index (χ3v) is 4.74. The van der Waals surface area contributed by atoms with Crippen LogP contribution in [-0.2, 0) is 0 Å². The highest BCUT2D eigenvalue weighted by molar-refractivity contribution is 5.94. The molecule has 8 nitrogen and oxygen atoms in total. The summed E-state index contributed by atoms with van der Waals surface area (Å²) in [7, 11) is 0. The number of anilines is 1. The number of fused-ring (bicyclic) bond motifs is 1. The molecule has 1 aliphatic rings. The number of H-pyrrole nitrogens is 1. The van der Waals surface area contributed by atoms with Crippen molar-refractivity contribution in [2.75, 3.05) is 24.5 Å². The van der Waals surface area contributed by atoms with E-state index in [0.717, 1.165) is 11.4 Å². The van der Waals surface area contributed by atoms with E-state index in [1.165, 1.54) is 6.20 Å². The fraction of sp³-hybridized carbons (Fsp3) is 0.333. The number of hydrogen-bond acceptors (Lipinski definition) is 5. The summed E-state index contributed by atoms with van der Waals surface area (Å²) in [6.45, 7) is 5.80. The van der Waals surface area contributed by atoms with Gasteiger partial charge in [0.05, 0.1) is 5.69 Å². The SMILES string of the molecule is Cc1cc2[nH]c(=O)c(C(=O)N3CCN(c4ccncc4)CC3C)cn2n1. The summed E-state index contributed by atoms with van der Waals surface area (Å²) in [6, 6.07) is 5.68. The molecule has 8 heteroatoms. The molecule has 4 rings (SSSR count). The third-order valence-electron chi connectivity index (χ3n) is 4.74. The zero-order valence-corrected chi connectivity index (χ0v) is 14.7. The van der Waals surface area contributed by atoms with Gasteiger partial charge >= 0.3 is 0 Å². The summed E-state index contributed by atoms with van der Waals surface area (Å²) in [5, 5.41) is 4.27. The van der Waals surface area contributed by atoms with Gasteiger partial charge in [-0.1, -0.05) is 0 Å². The van der Waals surface area contributed by atoms with Gasteiger partial charge in [-0.05, 0) is 26.0 Å². The lowest BCUT2D eigenvalue weighted by atomic mass is 10.1. The van der Waals surface area contributed by atoms with Crippen LogP contribution in [0.3, 0.4) is 0 Å². The molecule has 26 heavy (non-hydrogen) atoms. The number of aromatic nitrogens is 4. The minimum Gasteiger partial charge on any atom is -0.368 e. The van der Waals surface area contributed by atoms with Crippen LogP contribution in [0.5, 0.6) is 0 Å². The Labute approximate surface area is 150 Å². The molecule has 0 bridgehead atoms. The molecule has 0 aromatic carbocycles. The predicted octanol–water partition coefficient (Wildman–Crippen LogP) is 1.08. The highest BCUT2D eigenvalue weighted by Gasteiger charge is 2.30. The molecule has 1 N–H and O–H groups in total. The lowest BCUT2D eigenvalue weighted by molar-refractivity contribution is 0.0671. The van der Waals surface area contributed by atoms with Gasteiger partial charge in [0.25, 0.3) is 11.5 Å². The standard InChI is InChI=1S/C18H20N6O2/c1-12-9-16-20-17(25)15(11-24(16)21-12)18(26)23-8-7-22(10-13(23)2)14-3-5-19-6-4-14/h3-6,9,11,13H,7-8,10H2,1-2H3,(H,20,25). The van der Waals surface area contributed by atoms with Gasteiger partial charge in [-0.25, -0.2) is 4.52 Å². The van der Waals surface area contributed by atoms with Crippen LogP contribution in [0.15, 0.2) is 41.6 Å². The maximum atomic E-state index is 13.0. The van der Waals surface area contributed by atoms with Crippen LogP contribution in [0.25, 0.3) is 5.65 Å². The molecular weight excluding hydrogens is 332 g/mol. The van der Waals surface area contributed by atoms with Crippen molar-refractivity contribution in [1.29, 1.82) is 0 Å². The largest absolute Gasteiger partial charge is 0.368 e. The number of carbonyl (C=O) groups excluding carboxylic acids is 1. The maximum absolute atomic E-state index is 13.0. The quantitative estimate of drug-likeness (QED) is 0.746. The summed E-state index contributed by atoms with van der Waals surface area (Å²) in [5.41, 5.74) is 2.19. The van der Waals surface area contributed by atoms with Crippen LogP contribution in [0, 0.1) is 6.92 Å². The zero-order chi connectivity index (χ0) is 18.3. The average Bonchev–Trinajstić information content (AvgIpc) is 3.00. The molecule has 4 heterocycles. The predicted molar refractivity (Wildman–Crippen MR) is 97.5 cm³/mol. The van der Waals surface area contributed by atoms with E-state index >= 15 is 0 Å². The number of carbonyl (C=O) groups is 1. The van der Waals surface area contributed by atoms with Crippen molar-refractivity contribution in [3.63, 3.8) is 0 Å². The van der Waals surface area contributed by atoms with Gasteiger partial charge in [0.2, 0.25) is 0 Å². The Hall–Kier alpha value is -3.16. The minimum absolute atomic E-state index is 0.0149. The second-order valence-corrected chi connectivity index (χ2v) is 6.61. The van der Waals surface area contributed by atoms with E-state index in [-0.39, 0.29) is 23.1 Å². The molecule has 0 spiro atoms. The van der Waals surface area contributed by atoms with Gasteiger partial charge in [-0.3, -0.25) is 14.6 Å². The number of aryl methyl sites for hydroxylation is 1. The van der Waals surface area contributed by atoms with Crippen LogP contribution in [0.2, 0.25) is 0 Å². The number of hydrogen-bond donors (Lipinski definition) is 1. The fourth-order valence-corrected chi connectivity index (χ4v) is 3.43. The van der Waals surface area contributed by atoms with Gasteiger partial charge in [0.1, 0.15) is 11.2 Å². The smallest absolute Gasteiger partial charge is 0.264 e. The fourth-order valence-electron chi connectivity index (χ4n) is 3.43. The molecule has 3 aromatic rings. The molecule has 1 unspecified atom stereocenters. The molecule has 134 valence electrons. The molecule has 1 aliphatic heterocycles. The highest BCUT2D eigenvalue weighted by atomic mass is 16.2. The van der Waals surface area contributed by atoms with Crippen molar-refractivity contribution in [2.45, 2.75) is 19.9 Å². The summed E-state index contributed by atoms with van der Waals surface area (Å²) >= 11 is 0. The number of pyridine rings is 1. The van der Waals surface area contributed by atoms with Crippen LogP contribution in [0.1, 0.15) is 23.0 Å². The number of amides is 1. The maximum Gasteiger partial charge on any atom is 0.264 e. The molecule has 0 radical (unpaired) electrons. The van der Waals surface area contributed by atoms with Crippen molar-refractivity contribution in [1.82, 2.24) is 24.5 Å². The van der Waals surface area contributed by atoms with E-state index in [1.807, 2.05) is 26.0 Å². The van der Waals surface area contributed by atoms with Crippen molar-refractivity contribution < 1.29 is 4.79 Å². The molecule has 0 saturated carbocycles. The monoisotopic (exact) mass is 352 g/mol.